The van der Waals surface area contributed by atoms with Crippen LogP contribution in [0.3, 0.4) is 0 Å². The molecule has 4 rings (SSSR count). The summed E-state index contributed by atoms with van der Waals surface area (Å²) in [5.74, 6) is 0.531. The van der Waals surface area contributed by atoms with Gasteiger partial charge in [-0.3, -0.25) is 14.3 Å². The Bertz CT molecular complexity index is 1090. The highest BCUT2D eigenvalue weighted by molar-refractivity contribution is 5.81. The summed E-state index contributed by atoms with van der Waals surface area (Å²) in [5, 5.41) is 3.26. The SMILES string of the molecule is Cn1c(N2CCNCC2)nc(-c2ccncc2)c(-c2ccc(C(F)(F)F)cc2)c1=O. The maximum absolute atomic E-state index is 13.4. The number of hydrogen-bond acceptors (Lipinski definition) is 5. The molecule has 0 radical (unpaired) electrons. The van der Waals surface area contributed by atoms with Crippen LogP contribution < -0.4 is 15.8 Å². The minimum atomic E-state index is -4.44. The van der Waals surface area contributed by atoms with Gasteiger partial charge in [0.1, 0.15) is 0 Å². The Balaban J connectivity index is 1.91. The largest absolute Gasteiger partial charge is 0.416 e. The number of aromatic nitrogens is 3. The molecular formula is C21H20F3N5O. The maximum atomic E-state index is 13.4. The monoisotopic (exact) mass is 415 g/mol. The predicted molar refractivity (Wildman–Crippen MR) is 108 cm³/mol. The van der Waals surface area contributed by atoms with E-state index in [-0.39, 0.29) is 11.1 Å². The summed E-state index contributed by atoms with van der Waals surface area (Å²) < 4.78 is 40.4. The lowest BCUT2D eigenvalue weighted by Crippen LogP contribution is -2.46. The van der Waals surface area contributed by atoms with E-state index in [0.717, 1.165) is 25.2 Å². The number of alkyl halides is 3. The van der Waals surface area contributed by atoms with Gasteiger partial charge in [-0.25, -0.2) is 4.98 Å². The Hall–Kier alpha value is -3.20. The first kappa shape index (κ1) is 20.1. The molecule has 3 heterocycles. The molecule has 1 aliphatic rings. The lowest BCUT2D eigenvalue weighted by Gasteiger charge is -2.30. The Kier molecular flexibility index (Phi) is 5.29. The highest BCUT2D eigenvalue weighted by atomic mass is 19.4. The summed E-state index contributed by atoms with van der Waals surface area (Å²) in [6.07, 6.45) is -1.26. The lowest BCUT2D eigenvalue weighted by atomic mass is 9.99. The van der Waals surface area contributed by atoms with Crippen molar-refractivity contribution in [1.82, 2.24) is 19.9 Å². The Morgan fingerprint density at radius 2 is 1.60 bits per heavy atom. The van der Waals surface area contributed by atoms with Crippen molar-refractivity contribution in [3.8, 4) is 22.4 Å². The number of rotatable bonds is 3. The molecule has 0 atom stereocenters. The number of halogens is 3. The van der Waals surface area contributed by atoms with E-state index in [9.17, 15) is 18.0 Å². The third-order valence-electron chi connectivity index (χ3n) is 5.12. The topological polar surface area (TPSA) is 63.1 Å². The molecule has 0 bridgehead atoms. The highest BCUT2D eigenvalue weighted by Gasteiger charge is 2.30. The van der Waals surface area contributed by atoms with Crippen LogP contribution in [0.15, 0.2) is 53.6 Å². The summed E-state index contributed by atoms with van der Waals surface area (Å²) in [7, 11) is 1.64. The molecule has 0 unspecified atom stereocenters. The van der Waals surface area contributed by atoms with E-state index in [1.165, 1.54) is 16.7 Å². The molecule has 1 aliphatic heterocycles. The van der Waals surface area contributed by atoms with E-state index in [1.807, 2.05) is 4.90 Å². The zero-order valence-electron chi connectivity index (χ0n) is 16.3. The van der Waals surface area contributed by atoms with Gasteiger partial charge in [0.25, 0.3) is 5.56 Å². The minimum Gasteiger partial charge on any atom is -0.340 e. The van der Waals surface area contributed by atoms with E-state index < -0.39 is 11.7 Å². The second-order valence-corrected chi connectivity index (χ2v) is 7.05. The molecule has 30 heavy (non-hydrogen) atoms. The molecular weight excluding hydrogens is 395 g/mol. The quantitative estimate of drug-likeness (QED) is 0.713. The van der Waals surface area contributed by atoms with E-state index in [0.29, 0.717) is 35.9 Å². The highest BCUT2D eigenvalue weighted by Crippen LogP contribution is 2.33. The first-order chi connectivity index (χ1) is 14.4. The van der Waals surface area contributed by atoms with Crippen molar-refractivity contribution in [1.29, 1.82) is 0 Å². The van der Waals surface area contributed by atoms with Gasteiger partial charge < -0.3 is 10.2 Å². The Labute approximate surface area is 171 Å². The normalized spacial score (nSPS) is 14.7. The van der Waals surface area contributed by atoms with Crippen molar-refractivity contribution < 1.29 is 13.2 Å². The van der Waals surface area contributed by atoms with E-state index >= 15 is 0 Å². The van der Waals surface area contributed by atoms with Crippen LogP contribution in [0.2, 0.25) is 0 Å². The molecule has 1 saturated heterocycles. The van der Waals surface area contributed by atoms with Gasteiger partial charge in [0.05, 0.1) is 16.8 Å². The van der Waals surface area contributed by atoms with Crippen LogP contribution in [0.4, 0.5) is 19.1 Å². The van der Waals surface area contributed by atoms with Crippen LogP contribution in [0.25, 0.3) is 22.4 Å². The minimum absolute atomic E-state index is 0.260. The molecule has 0 spiro atoms. The van der Waals surface area contributed by atoms with Crippen molar-refractivity contribution in [2.24, 2.45) is 7.05 Å². The van der Waals surface area contributed by atoms with E-state index in [1.54, 1.807) is 31.6 Å². The van der Waals surface area contributed by atoms with Crippen molar-refractivity contribution in [2.45, 2.75) is 6.18 Å². The Morgan fingerprint density at radius 1 is 0.967 bits per heavy atom. The van der Waals surface area contributed by atoms with Crippen molar-refractivity contribution in [2.75, 3.05) is 31.1 Å². The van der Waals surface area contributed by atoms with Gasteiger partial charge in [-0.2, -0.15) is 13.2 Å². The summed E-state index contributed by atoms with van der Waals surface area (Å²) in [4.78, 5) is 24.2. The predicted octanol–water partition coefficient (Wildman–Crippen LogP) is 2.94. The molecule has 3 aromatic rings. The third-order valence-corrected chi connectivity index (χ3v) is 5.12. The fourth-order valence-electron chi connectivity index (χ4n) is 3.54. The van der Waals surface area contributed by atoms with Crippen molar-refractivity contribution in [3.05, 3.63) is 64.7 Å². The smallest absolute Gasteiger partial charge is 0.340 e. The molecule has 1 fully saturated rings. The number of nitrogens with one attached hydrogen (secondary N) is 1. The fraction of sp³-hybridized carbons (Fsp3) is 0.286. The van der Waals surface area contributed by atoms with E-state index in [2.05, 4.69) is 10.3 Å². The average molecular weight is 415 g/mol. The average Bonchev–Trinajstić information content (AvgIpc) is 2.76. The standard InChI is InChI=1S/C21H20F3N5O/c1-28-19(30)17(14-2-4-16(5-3-14)21(22,23)24)18(15-6-8-25-9-7-15)27-20(28)29-12-10-26-11-13-29/h2-9,26H,10-13H2,1H3. The van der Waals surface area contributed by atoms with Crippen LogP contribution >= 0.6 is 0 Å². The van der Waals surface area contributed by atoms with Crippen LogP contribution in [0, 0.1) is 0 Å². The number of piperazine rings is 1. The second-order valence-electron chi connectivity index (χ2n) is 7.05. The molecule has 6 nitrogen and oxygen atoms in total. The zero-order chi connectivity index (χ0) is 21.3. The van der Waals surface area contributed by atoms with Gasteiger partial charge in [0.2, 0.25) is 5.95 Å². The van der Waals surface area contributed by atoms with Gasteiger partial charge >= 0.3 is 6.18 Å². The van der Waals surface area contributed by atoms with Gasteiger partial charge in [-0.05, 0) is 29.8 Å². The number of anilines is 1. The lowest BCUT2D eigenvalue weighted by molar-refractivity contribution is -0.137. The van der Waals surface area contributed by atoms with E-state index in [4.69, 9.17) is 4.98 Å². The number of hydrogen-bond donors (Lipinski definition) is 1. The van der Waals surface area contributed by atoms with Crippen molar-refractivity contribution >= 4 is 5.95 Å². The molecule has 2 aromatic heterocycles. The summed E-state index contributed by atoms with van der Waals surface area (Å²) >= 11 is 0. The van der Waals surface area contributed by atoms with Crippen molar-refractivity contribution in [3.63, 3.8) is 0 Å². The Morgan fingerprint density at radius 3 is 2.20 bits per heavy atom. The van der Waals surface area contributed by atoms with Crippen LogP contribution in [-0.4, -0.2) is 40.7 Å². The van der Waals surface area contributed by atoms with Crippen LogP contribution in [-0.2, 0) is 13.2 Å². The third kappa shape index (κ3) is 3.80. The second kappa shape index (κ2) is 7.91. The number of benzene rings is 1. The molecule has 0 saturated carbocycles. The first-order valence-electron chi connectivity index (χ1n) is 9.51. The van der Waals surface area contributed by atoms with Crippen LogP contribution in [0.1, 0.15) is 5.56 Å². The molecule has 0 amide bonds. The molecule has 0 aliphatic carbocycles. The summed E-state index contributed by atoms with van der Waals surface area (Å²) in [6.45, 7) is 2.97. The number of nitrogens with zero attached hydrogens (tertiary/aromatic N) is 4. The zero-order valence-corrected chi connectivity index (χ0v) is 16.3. The molecule has 1 N–H and O–H groups in total. The van der Waals surface area contributed by atoms with Gasteiger partial charge in [-0.15, -0.1) is 0 Å². The van der Waals surface area contributed by atoms with Crippen LogP contribution in [0.5, 0.6) is 0 Å². The summed E-state index contributed by atoms with van der Waals surface area (Å²) in [6, 6.07) is 8.06. The maximum Gasteiger partial charge on any atom is 0.416 e. The molecule has 156 valence electrons. The molecule has 9 heteroatoms. The first-order valence-corrected chi connectivity index (χ1v) is 9.51. The fourth-order valence-corrected chi connectivity index (χ4v) is 3.54. The number of pyridine rings is 1. The molecule has 1 aromatic carbocycles. The van der Waals surface area contributed by atoms with Gasteiger partial charge in [-0.1, -0.05) is 12.1 Å². The summed E-state index contributed by atoms with van der Waals surface area (Å²) in [5.41, 5.74) is 0.665. The van der Waals surface area contributed by atoms with Gasteiger partial charge in [0.15, 0.2) is 0 Å². The van der Waals surface area contributed by atoms with Gasteiger partial charge in [0, 0.05) is 51.2 Å².